The van der Waals surface area contributed by atoms with E-state index in [-0.39, 0.29) is 0 Å². The number of rotatable bonds is 11. The highest BCUT2D eigenvalue weighted by atomic mass is 16.5. The molecule has 0 heterocycles. The molecular formula is C19H28O5. The van der Waals surface area contributed by atoms with Crippen molar-refractivity contribution in [2.24, 2.45) is 0 Å². The highest BCUT2D eigenvalue weighted by molar-refractivity contribution is 5.87. The molecule has 0 amide bonds. The number of esters is 1. The molecule has 0 spiro atoms. The van der Waals surface area contributed by atoms with Gasteiger partial charge in [0.25, 0.3) is 0 Å². The van der Waals surface area contributed by atoms with Crippen molar-refractivity contribution in [3.63, 3.8) is 0 Å². The van der Waals surface area contributed by atoms with E-state index in [4.69, 9.17) is 14.2 Å². The zero-order valence-electron chi connectivity index (χ0n) is 15.1. The molecule has 0 radical (unpaired) electrons. The Morgan fingerprint density at radius 2 is 1.38 bits per heavy atom. The summed E-state index contributed by atoms with van der Waals surface area (Å²) in [6.45, 7) is 7.92. The molecule has 0 unspecified atom stereocenters. The van der Waals surface area contributed by atoms with Crippen LogP contribution in [0.2, 0.25) is 0 Å². The van der Waals surface area contributed by atoms with E-state index in [1.807, 2.05) is 26.0 Å². The Kier molecular flexibility index (Phi) is 9.42. The van der Waals surface area contributed by atoms with Crippen molar-refractivity contribution < 1.29 is 23.7 Å². The highest BCUT2D eigenvalue weighted by Crippen LogP contribution is 2.36. The molecular weight excluding hydrogens is 308 g/mol. The molecule has 5 heteroatoms. The van der Waals surface area contributed by atoms with Gasteiger partial charge in [0.1, 0.15) is 5.75 Å². The summed E-state index contributed by atoms with van der Waals surface area (Å²) in [4.78, 5) is 11.4. The third-order valence-corrected chi connectivity index (χ3v) is 3.06. The number of methoxy groups -OCH3 is 1. The Labute approximate surface area is 144 Å². The largest absolute Gasteiger partial charge is 0.493 e. The maximum atomic E-state index is 11.4. The number of hydrogen-bond acceptors (Lipinski definition) is 5. The molecule has 0 aliphatic heterocycles. The zero-order chi connectivity index (χ0) is 17.8. The second-order valence-electron chi connectivity index (χ2n) is 5.24. The summed E-state index contributed by atoms with van der Waals surface area (Å²) in [7, 11) is 1.35. The predicted molar refractivity (Wildman–Crippen MR) is 94.9 cm³/mol. The summed E-state index contributed by atoms with van der Waals surface area (Å²) in [5.74, 6) is 1.55. The van der Waals surface area contributed by atoms with Gasteiger partial charge >= 0.3 is 5.97 Å². The summed E-state index contributed by atoms with van der Waals surface area (Å²) >= 11 is 0. The molecule has 1 aromatic rings. The summed E-state index contributed by atoms with van der Waals surface area (Å²) in [5.41, 5.74) is 0.754. The zero-order valence-corrected chi connectivity index (χ0v) is 15.1. The van der Waals surface area contributed by atoms with Crippen molar-refractivity contribution in [2.75, 3.05) is 26.9 Å². The molecule has 5 nitrogen and oxygen atoms in total. The fourth-order valence-electron chi connectivity index (χ4n) is 1.90. The van der Waals surface area contributed by atoms with E-state index in [9.17, 15) is 4.79 Å². The summed E-state index contributed by atoms with van der Waals surface area (Å²) in [5, 5.41) is 0. The van der Waals surface area contributed by atoms with Gasteiger partial charge in [0.15, 0.2) is 11.5 Å². The molecule has 0 fully saturated rings. The van der Waals surface area contributed by atoms with Crippen molar-refractivity contribution in [3.05, 3.63) is 23.8 Å². The number of carbonyl (C=O) groups excluding carboxylic acids is 1. The first-order chi connectivity index (χ1) is 11.7. The molecule has 0 aliphatic carbocycles. The number of ether oxygens (including phenoxy) is 4. The Bertz CT molecular complexity index is 537. The standard InChI is InChI=1S/C19H28O5/c1-5-10-22-16-14-18(24-12-7-3)17(23-11-6-2)13-15(16)8-9-19(20)21-4/h8-9,13-14H,5-7,10-12H2,1-4H3. The van der Waals surface area contributed by atoms with Crippen molar-refractivity contribution in [1.29, 1.82) is 0 Å². The van der Waals surface area contributed by atoms with Crippen LogP contribution in [0.4, 0.5) is 0 Å². The second-order valence-corrected chi connectivity index (χ2v) is 5.24. The maximum Gasteiger partial charge on any atom is 0.330 e. The average molecular weight is 336 g/mol. The highest BCUT2D eigenvalue weighted by Gasteiger charge is 2.12. The van der Waals surface area contributed by atoms with E-state index >= 15 is 0 Å². The monoisotopic (exact) mass is 336 g/mol. The molecule has 0 aliphatic rings. The topological polar surface area (TPSA) is 54.0 Å². The number of benzene rings is 1. The van der Waals surface area contributed by atoms with Gasteiger partial charge in [-0.3, -0.25) is 0 Å². The van der Waals surface area contributed by atoms with Crippen molar-refractivity contribution in [2.45, 2.75) is 40.0 Å². The van der Waals surface area contributed by atoms with Crippen LogP contribution in [0.25, 0.3) is 6.08 Å². The average Bonchev–Trinajstić information content (AvgIpc) is 2.61. The van der Waals surface area contributed by atoms with Crippen LogP contribution in [0, 0.1) is 0 Å². The third-order valence-electron chi connectivity index (χ3n) is 3.06. The smallest absolute Gasteiger partial charge is 0.330 e. The lowest BCUT2D eigenvalue weighted by molar-refractivity contribution is -0.134. The van der Waals surface area contributed by atoms with Gasteiger partial charge in [0.05, 0.1) is 26.9 Å². The minimum Gasteiger partial charge on any atom is -0.493 e. The van der Waals surface area contributed by atoms with E-state index in [0.29, 0.717) is 37.1 Å². The quantitative estimate of drug-likeness (QED) is 0.447. The lowest BCUT2D eigenvalue weighted by atomic mass is 10.1. The SMILES string of the molecule is CCCOc1cc(OCCC)c(OCCC)cc1C=CC(=O)OC. The van der Waals surface area contributed by atoms with Crippen LogP contribution < -0.4 is 14.2 Å². The minimum absolute atomic E-state index is 0.418. The normalized spacial score (nSPS) is 10.7. The number of carbonyl (C=O) groups is 1. The van der Waals surface area contributed by atoms with Gasteiger partial charge in [0, 0.05) is 17.7 Å². The fraction of sp³-hybridized carbons (Fsp3) is 0.526. The fourth-order valence-corrected chi connectivity index (χ4v) is 1.90. The Morgan fingerprint density at radius 3 is 1.88 bits per heavy atom. The molecule has 0 atom stereocenters. The van der Waals surface area contributed by atoms with E-state index in [1.165, 1.54) is 13.2 Å². The lowest BCUT2D eigenvalue weighted by Crippen LogP contribution is -2.04. The van der Waals surface area contributed by atoms with Gasteiger partial charge in [-0.2, -0.15) is 0 Å². The minimum atomic E-state index is -0.418. The van der Waals surface area contributed by atoms with Crippen LogP contribution in [0.15, 0.2) is 18.2 Å². The molecule has 134 valence electrons. The van der Waals surface area contributed by atoms with Gasteiger partial charge in [-0.1, -0.05) is 20.8 Å². The Morgan fingerprint density at radius 1 is 0.875 bits per heavy atom. The Balaban J connectivity index is 3.19. The molecule has 24 heavy (non-hydrogen) atoms. The summed E-state index contributed by atoms with van der Waals surface area (Å²) in [6.07, 6.45) is 5.72. The van der Waals surface area contributed by atoms with Crippen molar-refractivity contribution in [3.8, 4) is 17.2 Å². The van der Waals surface area contributed by atoms with E-state index in [2.05, 4.69) is 11.7 Å². The van der Waals surface area contributed by atoms with Crippen molar-refractivity contribution >= 4 is 12.0 Å². The Hall–Kier alpha value is -2.17. The lowest BCUT2D eigenvalue weighted by Gasteiger charge is -2.16. The molecule has 0 bridgehead atoms. The first kappa shape index (κ1) is 19.9. The van der Waals surface area contributed by atoms with Gasteiger partial charge in [0.2, 0.25) is 0 Å². The first-order valence-electron chi connectivity index (χ1n) is 8.48. The first-order valence-corrected chi connectivity index (χ1v) is 8.48. The molecule has 0 aromatic heterocycles. The van der Waals surface area contributed by atoms with Crippen LogP contribution in [0.1, 0.15) is 45.6 Å². The second kappa shape index (κ2) is 11.4. The summed E-state index contributed by atoms with van der Waals surface area (Å²) in [6, 6.07) is 3.67. The number of hydrogen-bond donors (Lipinski definition) is 0. The molecule has 0 N–H and O–H groups in total. The molecule has 0 saturated carbocycles. The van der Waals surface area contributed by atoms with Gasteiger partial charge < -0.3 is 18.9 Å². The molecule has 1 rings (SSSR count). The van der Waals surface area contributed by atoms with E-state index in [0.717, 1.165) is 24.8 Å². The van der Waals surface area contributed by atoms with Gasteiger partial charge in [-0.25, -0.2) is 4.79 Å². The molecule has 1 aromatic carbocycles. The maximum absolute atomic E-state index is 11.4. The van der Waals surface area contributed by atoms with Crippen LogP contribution in [0.5, 0.6) is 17.2 Å². The van der Waals surface area contributed by atoms with Crippen LogP contribution in [-0.4, -0.2) is 32.9 Å². The third kappa shape index (κ3) is 6.52. The van der Waals surface area contributed by atoms with Crippen LogP contribution >= 0.6 is 0 Å². The van der Waals surface area contributed by atoms with E-state index in [1.54, 1.807) is 6.08 Å². The van der Waals surface area contributed by atoms with Crippen LogP contribution in [-0.2, 0) is 9.53 Å². The van der Waals surface area contributed by atoms with Crippen LogP contribution in [0.3, 0.4) is 0 Å². The predicted octanol–water partition coefficient (Wildman–Crippen LogP) is 4.24. The van der Waals surface area contributed by atoms with Gasteiger partial charge in [-0.05, 0) is 31.4 Å². The van der Waals surface area contributed by atoms with Crippen molar-refractivity contribution in [1.82, 2.24) is 0 Å². The summed E-state index contributed by atoms with van der Waals surface area (Å²) < 4.78 is 22.0. The molecule has 0 saturated heterocycles. The van der Waals surface area contributed by atoms with Gasteiger partial charge in [-0.15, -0.1) is 0 Å². The van der Waals surface area contributed by atoms with E-state index < -0.39 is 5.97 Å².